The van der Waals surface area contributed by atoms with Crippen LogP contribution in [0.1, 0.15) is 10.4 Å². The van der Waals surface area contributed by atoms with E-state index in [0.717, 1.165) is 14.3 Å². The fraction of sp³-hybridized carbons (Fsp3) is 0.100. The molecule has 0 bridgehead atoms. The van der Waals surface area contributed by atoms with Crippen molar-refractivity contribution < 1.29 is 9.18 Å². The summed E-state index contributed by atoms with van der Waals surface area (Å²) in [6.45, 7) is 0. The van der Waals surface area contributed by atoms with Gasteiger partial charge in [-0.2, -0.15) is 0 Å². The van der Waals surface area contributed by atoms with E-state index in [0.29, 0.717) is 6.29 Å². The van der Waals surface area contributed by atoms with Crippen LogP contribution in [-0.4, -0.2) is 12.5 Å². The van der Waals surface area contributed by atoms with E-state index in [9.17, 15) is 9.18 Å². The Morgan fingerprint density at radius 3 is 2.86 bits per heavy atom. The van der Waals surface area contributed by atoms with Crippen LogP contribution in [0.15, 0.2) is 22.4 Å². The normalized spacial score (nSPS) is 10.7. The lowest BCUT2D eigenvalue weighted by molar-refractivity contribution is 0.112. The Balaban J connectivity index is 2.69. The van der Waals surface area contributed by atoms with Crippen LogP contribution in [-0.2, 0) is 0 Å². The Kier molecular flexibility index (Phi) is 2.56. The number of thiophene rings is 1. The zero-order valence-electron chi connectivity index (χ0n) is 7.41. The molecule has 0 aliphatic rings. The number of halogens is 1. The summed E-state index contributed by atoms with van der Waals surface area (Å²) in [4.78, 5) is 10.5. The van der Waals surface area contributed by atoms with Gasteiger partial charge in [-0.15, -0.1) is 23.1 Å². The van der Waals surface area contributed by atoms with Crippen molar-refractivity contribution in [3.8, 4) is 0 Å². The van der Waals surface area contributed by atoms with Crippen molar-refractivity contribution in [3.63, 3.8) is 0 Å². The molecule has 1 nitrogen and oxygen atoms in total. The lowest BCUT2D eigenvalue weighted by Gasteiger charge is -1.93. The second-order valence-electron chi connectivity index (χ2n) is 2.80. The van der Waals surface area contributed by atoms with E-state index < -0.39 is 5.82 Å². The highest BCUT2D eigenvalue weighted by Crippen LogP contribution is 2.32. The largest absolute Gasteiger partial charge is 0.298 e. The second kappa shape index (κ2) is 3.71. The van der Waals surface area contributed by atoms with Crippen molar-refractivity contribution in [2.45, 2.75) is 4.21 Å². The Bertz CT molecular complexity index is 490. The summed E-state index contributed by atoms with van der Waals surface area (Å²) >= 11 is 3.19. The molecule has 72 valence electrons. The van der Waals surface area contributed by atoms with Gasteiger partial charge in [-0.05, 0) is 29.8 Å². The second-order valence-corrected chi connectivity index (χ2v) is 4.99. The Hall–Kier alpha value is -0.870. The fourth-order valence-corrected chi connectivity index (χ4v) is 2.91. The molecule has 0 amide bonds. The highest BCUT2D eigenvalue weighted by atomic mass is 32.2. The van der Waals surface area contributed by atoms with Gasteiger partial charge < -0.3 is 0 Å². The van der Waals surface area contributed by atoms with Gasteiger partial charge in [0.05, 0.1) is 9.77 Å². The van der Waals surface area contributed by atoms with Crippen molar-refractivity contribution in [3.05, 3.63) is 29.6 Å². The summed E-state index contributed by atoms with van der Waals surface area (Å²) in [5, 5.41) is 0.863. The predicted molar refractivity (Wildman–Crippen MR) is 59.0 cm³/mol. The average Bonchev–Trinajstić information content (AvgIpc) is 2.58. The smallest absolute Gasteiger partial charge is 0.153 e. The van der Waals surface area contributed by atoms with Crippen LogP contribution in [0.4, 0.5) is 4.39 Å². The Morgan fingerprint density at radius 1 is 1.43 bits per heavy atom. The van der Waals surface area contributed by atoms with E-state index in [-0.39, 0.29) is 5.56 Å². The summed E-state index contributed by atoms with van der Waals surface area (Å²) in [6, 6.07) is 4.94. The standard InChI is InChI=1S/C10H7FOS2/c1-13-10-4-6-2-8(11)7(5-12)3-9(6)14-10/h2-5H,1H3. The molecule has 2 aromatic rings. The van der Waals surface area contributed by atoms with Crippen LogP contribution in [0, 0.1) is 5.82 Å². The first kappa shape index (κ1) is 9.68. The van der Waals surface area contributed by atoms with Gasteiger partial charge in [0, 0.05) is 4.70 Å². The van der Waals surface area contributed by atoms with Gasteiger partial charge in [0.1, 0.15) is 5.82 Å². The third-order valence-electron chi connectivity index (χ3n) is 1.94. The molecule has 0 fully saturated rings. The van der Waals surface area contributed by atoms with Crippen molar-refractivity contribution in [2.75, 3.05) is 6.26 Å². The Labute approximate surface area is 88.9 Å². The van der Waals surface area contributed by atoms with E-state index in [1.54, 1.807) is 29.2 Å². The molecule has 0 aliphatic carbocycles. The molecular weight excluding hydrogens is 219 g/mol. The molecule has 0 N–H and O–H groups in total. The van der Waals surface area contributed by atoms with Crippen molar-refractivity contribution in [1.82, 2.24) is 0 Å². The first-order valence-electron chi connectivity index (χ1n) is 3.97. The Morgan fingerprint density at radius 2 is 2.21 bits per heavy atom. The van der Waals surface area contributed by atoms with E-state index >= 15 is 0 Å². The van der Waals surface area contributed by atoms with E-state index in [2.05, 4.69) is 0 Å². The predicted octanol–water partition coefficient (Wildman–Crippen LogP) is 3.57. The van der Waals surface area contributed by atoms with Crippen molar-refractivity contribution >= 4 is 39.5 Å². The number of carbonyl (C=O) groups is 1. The maximum absolute atomic E-state index is 13.2. The number of hydrogen-bond donors (Lipinski definition) is 0. The van der Waals surface area contributed by atoms with E-state index in [1.165, 1.54) is 6.07 Å². The van der Waals surface area contributed by atoms with Crippen LogP contribution in [0.3, 0.4) is 0 Å². The summed E-state index contributed by atoms with van der Waals surface area (Å²) in [5.41, 5.74) is 0.131. The van der Waals surface area contributed by atoms with Crippen molar-refractivity contribution in [1.29, 1.82) is 0 Å². The fourth-order valence-electron chi connectivity index (χ4n) is 1.24. The number of fused-ring (bicyclic) bond motifs is 1. The van der Waals surface area contributed by atoms with Gasteiger partial charge in [0.15, 0.2) is 6.29 Å². The molecule has 1 heterocycles. The molecule has 0 aliphatic heterocycles. The lowest BCUT2D eigenvalue weighted by atomic mass is 10.2. The van der Waals surface area contributed by atoms with Crippen molar-refractivity contribution in [2.24, 2.45) is 0 Å². The zero-order valence-corrected chi connectivity index (χ0v) is 9.05. The molecule has 0 unspecified atom stereocenters. The topological polar surface area (TPSA) is 17.1 Å². The van der Waals surface area contributed by atoms with Crippen LogP contribution >= 0.6 is 23.1 Å². The molecule has 2 rings (SSSR count). The molecule has 0 radical (unpaired) electrons. The van der Waals surface area contributed by atoms with Crippen LogP contribution < -0.4 is 0 Å². The molecular formula is C10H7FOS2. The lowest BCUT2D eigenvalue weighted by Crippen LogP contribution is -1.85. The molecule has 0 atom stereocenters. The quantitative estimate of drug-likeness (QED) is 0.575. The summed E-state index contributed by atoms with van der Waals surface area (Å²) < 4.78 is 15.3. The molecule has 0 saturated carbocycles. The first-order chi connectivity index (χ1) is 6.74. The first-order valence-corrected chi connectivity index (χ1v) is 6.01. The number of benzene rings is 1. The van der Waals surface area contributed by atoms with Crippen LogP contribution in [0.5, 0.6) is 0 Å². The molecule has 1 aromatic heterocycles. The van der Waals surface area contributed by atoms with Crippen LogP contribution in [0.25, 0.3) is 10.1 Å². The summed E-state index contributed by atoms with van der Waals surface area (Å²) in [5.74, 6) is -0.446. The van der Waals surface area contributed by atoms with Gasteiger partial charge >= 0.3 is 0 Å². The minimum absolute atomic E-state index is 0.131. The van der Waals surface area contributed by atoms with E-state index in [1.807, 2.05) is 12.3 Å². The third kappa shape index (κ3) is 1.55. The van der Waals surface area contributed by atoms with Gasteiger partial charge in [-0.1, -0.05) is 0 Å². The minimum Gasteiger partial charge on any atom is -0.298 e. The van der Waals surface area contributed by atoms with E-state index in [4.69, 9.17) is 0 Å². The average molecular weight is 226 g/mol. The summed E-state index contributed by atoms with van der Waals surface area (Å²) in [7, 11) is 0. The number of hydrogen-bond acceptors (Lipinski definition) is 3. The van der Waals surface area contributed by atoms with Crippen LogP contribution in [0.2, 0.25) is 0 Å². The molecule has 14 heavy (non-hydrogen) atoms. The summed E-state index contributed by atoms with van der Waals surface area (Å²) in [6.07, 6.45) is 2.52. The third-order valence-corrected chi connectivity index (χ3v) is 4.10. The monoisotopic (exact) mass is 226 g/mol. The van der Waals surface area contributed by atoms with Gasteiger partial charge in [0.2, 0.25) is 0 Å². The van der Waals surface area contributed by atoms with Gasteiger partial charge in [0.25, 0.3) is 0 Å². The number of thioether (sulfide) groups is 1. The minimum atomic E-state index is -0.446. The van der Waals surface area contributed by atoms with Gasteiger partial charge in [-0.25, -0.2) is 4.39 Å². The number of carbonyl (C=O) groups excluding carboxylic acids is 1. The van der Waals surface area contributed by atoms with Gasteiger partial charge in [-0.3, -0.25) is 4.79 Å². The SMILES string of the molecule is CSc1cc2cc(F)c(C=O)cc2s1. The number of rotatable bonds is 2. The molecule has 0 saturated heterocycles. The maximum atomic E-state index is 13.2. The maximum Gasteiger partial charge on any atom is 0.153 e. The molecule has 4 heteroatoms. The zero-order chi connectivity index (χ0) is 10.1. The highest BCUT2D eigenvalue weighted by molar-refractivity contribution is 8.00. The number of aldehydes is 1. The molecule has 1 aromatic carbocycles. The molecule has 0 spiro atoms. The highest BCUT2D eigenvalue weighted by Gasteiger charge is 2.06.